The Morgan fingerprint density at radius 2 is 2.00 bits per heavy atom. The van der Waals surface area contributed by atoms with E-state index < -0.39 is 0 Å². The molecule has 0 atom stereocenters. The molecule has 0 heterocycles. The molecule has 0 amide bonds. The number of amidine groups is 1. The van der Waals surface area contributed by atoms with E-state index in [1.54, 1.807) is 13.0 Å². The zero-order valence-corrected chi connectivity index (χ0v) is 14.4. The van der Waals surface area contributed by atoms with Gasteiger partial charge in [0.05, 0.1) is 0 Å². The molecule has 1 rings (SSSR count). The Labute approximate surface area is 139 Å². The summed E-state index contributed by atoms with van der Waals surface area (Å²) < 4.78 is 14.2. The molecule has 0 aliphatic heterocycles. The Morgan fingerprint density at radius 3 is 2.57 bits per heavy atom. The monoisotopic (exact) mass is 314 g/mol. The van der Waals surface area contributed by atoms with Crippen LogP contribution in [0.3, 0.4) is 0 Å². The van der Waals surface area contributed by atoms with Crippen LogP contribution in [0.2, 0.25) is 0 Å². The van der Waals surface area contributed by atoms with Gasteiger partial charge in [0.15, 0.2) is 0 Å². The second-order valence-corrected chi connectivity index (χ2v) is 5.21. The van der Waals surface area contributed by atoms with Crippen LogP contribution in [-0.2, 0) is 6.42 Å². The van der Waals surface area contributed by atoms with E-state index in [1.807, 2.05) is 38.1 Å². The summed E-state index contributed by atoms with van der Waals surface area (Å²) in [6, 6.07) is 7.91. The van der Waals surface area contributed by atoms with E-state index in [9.17, 15) is 4.39 Å². The van der Waals surface area contributed by atoms with Crippen LogP contribution < -0.4 is 5.73 Å². The first-order valence-corrected chi connectivity index (χ1v) is 8.13. The number of halogens is 1. The van der Waals surface area contributed by atoms with Gasteiger partial charge in [0.25, 0.3) is 0 Å². The number of nitrogens with zero attached hydrogens (tertiary/aromatic N) is 1. The van der Waals surface area contributed by atoms with Gasteiger partial charge in [-0.1, -0.05) is 49.9 Å². The number of aliphatic imine (C=N–C) groups is 1. The van der Waals surface area contributed by atoms with Crippen LogP contribution in [0.5, 0.6) is 0 Å². The van der Waals surface area contributed by atoms with Crippen LogP contribution in [0.4, 0.5) is 4.39 Å². The summed E-state index contributed by atoms with van der Waals surface area (Å²) in [4.78, 5) is 4.28. The van der Waals surface area contributed by atoms with Crippen molar-refractivity contribution in [2.75, 3.05) is 6.54 Å². The van der Waals surface area contributed by atoms with Crippen molar-refractivity contribution < 1.29 is 4.39 Å². The predicted octanol–water partition coefficient (Wildman–Crippen LogP) is 5.11. The molecule has 1 aromatic rings. The van der Waals surface area contributed by atoms with Gasteiger partial charge in [0.1, 0.15) is 11.7 Å². The first kappa shape index (κ1) is 18.9. The number of benzene rings is 1. The first-order chi connectivity index (χ1) is 11.1. The fourth-order valence-corrected chi connectivity index (χ4v) is 2.59. The third-order valence-electron chi connectivity index (χ3n) is 3.82. The molecule has 23 heavy (non-hydrogen) atoms. The van der Waals surface area contributed by atoms with Gasteiger partial charge < -0.3 is 5.73 Å². The molecule has 2 nitrogen and oxygen atoms in total. The third-order valence-corrected chi connectivity index (χ3v) is 3.82. The number of allylic oxidation sites excluding steroid dienone is 5. The molecule has 0 aromatic heterocycles. The SMILES string of the molecule is C=C/C(CC)=C(CCc1ccccc1C(N)=NCC)\C(F)=C/C. The Bertz CT molecular complexity index is 624. The standard InChI is InChI=1S/C20H27FN2/c1-5-15(6-2)17(19(21)7-3)14-13-16-11-9-10-12-18(16)20(22)23-8-4/h5,7,9-12H,1,6,8,13-14H2,2-4H3,(H2,22,23)/b17-15+,19-7+. The van der Waals surface area contributed by atoms with E-state index in [0.717, 1.165) is 28.7 Å². The van der Waals surface area contributed by atoms with Crippen LogP contribution in [0.1, 0.15) is 44.7 Å². The molecule has 0 aliphatic carbocycles. The lowest BCUT2D eigenvalue weighted by molar-refractivity contribution is 0.631. The third kappa shape index (κ3) is 5.20. The minimum atomic E-state index is -0.172. The van der Waals surface area contributed by atoms with Gasteiger partial charge in [-0.2, -0.15) is 0 Å². The van der Waals surface area contributed by atoms with Crippen molar-refractivity contribution in [2.45, 2.75) is 40.0 Å². The summed E-state index contributed by atoms with van der Waals surface area (Å²) in [5.74, 6) is 0.369. The molecular formula is C20H27FN2. The smallest absolute Gasteiger partial charge is 0.125 e. The van der Waals surface area contributed by atoms with Crippen molar-refractivity contribution in [1.29, 1.82) is 0 Å². The summed E-state index contributed by atoms with van der Waals surface area (Å²) in [5.41, 5.74) is 9.75. The number of rotatable bonds is 8. The van der Waals surface area contributed by atoms with Crippen molar-refractivity contribution in [3.05, 3.63) is 71.1 Å². The molecule has 0 bridgehead atoms. The molecule has 0 radical (unpaired) electrons. The number of aryl methyl sites for hydroxylation is 1. The summed E-state index contributed by atoms with van der Waals surface area (Å²) in [6.45, 7) is 10.1. The van der Waals surface area contributed by atoms with Crippen LogP contribution in [0.15, 0.2) is 65.0 Å². The second-order valence-electron chi connectivity index (χ2n) is 5.21. The lowest BCUT2D eigenvalue weighted by Crippen LogP contribution is -2.16. The van der Waals surface area contributed by atoms with E-state index in [-0.39, 0.29) is 5.83 Å². The Hall–Kier alpha value is -2.16. The molecule has 1 aromatic carbocycles. The topological polar surface area (TPSA) is 38.4 Å². The molecule has 0 saturated heterocycles. The minimum absolute atomic E-state index is 0.172. The molecule has 124 valence electrons. The van der Waals surface area contributed by atoms with E-state index in [0.29, 0.717) is 25.2 Å². The zero-order chi connectivity index (χ0) is 17.2. The highest BCUT2D eigenvalue weighted by Crippen LogP contribution is 2.25. The highest BCUT2D eigenvalue weighted by molar-refractivity contribution is 5.98. The summed E-state index contributed by atoms with van der Waals surface area (Å²) in [5, 5.41) is 0. The van der Waals surface area contributed by atoms with Crippen molar-refractivity contribution >= 4 is 5.84 Å². The van der Waals surface area contributed by atoms with Gasteiger partial charge in [-0.25, -0.2) is 4.39 Å². The number of hydrogen-bond acceptors (Lipinski definition) is 1. The summed E-state index contributed by atoms with van der Waals surface area (Å²) >= 11 is 0. The van der Waals surface area contributed by atoms with Crippen molar-refractivity contribution in [3.63, 3.8) is 0 Å². The van der Waals surface area contributed by atoms with Gasteiger partial charge in [0, 0.05) is 12.1 Å². The quantitative estimate of drug-likeness (QED) is 0.404. The van der Waals surface area contributed by atoms with Gasteiger partial charge >= 0.3 is 0 Å². The van der Waals surface area contributed by atoms with Gasteiger partial charge in [-0.15, -0.1) is 0 Å². The zero-order valence-electron chi connectivity index (χ0n) is 14.4. The van der Waals surface area contributed by atoms with Gasteiger partial charge in [-0.05, 0) is 49.8 Å². The molecule has 0 aliphatic rings. The van der Waals surface area contributed by atoms with Crippen LogP contribution in [-0.4, -0.2) is 12.4 Å². The van der Waals surface area contributed by atoms with Gasteiger partial charge in [-0.3, -0.25) is 4.99 Å². The molecule has 0 spiro atoms. The van der Waals surface area contributed by atoms with Crippen LogP contribution in [0.25, 0.3) is 0 Å². The number of hydrogen-bond donors (Lipinski definition) is 1. The first-order valence-electron chi connectivity index (χ1n) is 8.13. The molecular weight excluding hydrogens is 287 g/mol. The van der Waals surface area contributed by atoms with E-state index in [1.165, 1.54) is 6.08 Å². The summed E-state index contributed by atoms with van der Waals surface area (Å²) in [6.07, 6.45) is 5.34. The lowest BCUT2D eigenvalue weighted by Gasteiger charge is -2.13. The molecule has 3 heteroatoms. The van der Waals surface area contributed by atoms with Crippen molar-refractivity contribution in [3.8, 4) is 0 Å². The number of nitrogens with two attached hydrogens (primary N) is 1. The Balaban J connectivity index is 3.11. The van der Waals surface area contributed by atoms with Gasteiger partial charge in [0.2, 0.25) is 0 Å². The Kier molecular flexibility index (Phi) is 8.03. The van der Waals surface area contributed by atoms with Crippen LogP contribution >= 0.6 is 0 Å². The lowest BCUT2D eigenvalue weighted by atomic mass is 9.95. The molecule has 2 N–H and O–H groups in total. The molecule has 0 fully saturated rings. The van der Waals surface area contributed by atoms with Crippen molar-refractivity contribution in [1.82, 2.24) is 0 Å². The average Bonchev–Trinajstić information content (AvgIpc) is 2.58. The molecule has 0 saturated carbocycles. The maximum absolute atomic E-state index is 14.2. The predicted molar refractivity (Wildman–Crippen MR) is 98.4 cm³/mol. The highest BCUT2D eigenvalue weighted by Gasteiger charge is 2.11. The summed E-state index contributed by atoms with van der Waals surface area (Å²) in [7, 11) is 0. The normalized spacial score (nSPS) is 13.7. The van der Waals surface area contributed by atoms with Crippen LogP contribution in [0, 0.1) is 0 Å². The fourth-order valence-electron chi connectivity index (χ4n) is 2.59. The Morgan fingerprint density at radius 1 is 1.30 bits per heavy atom. The minimum Gasteiger partial charge on any atom is -0.383 e. The second kappa shape index (κ2) is 9.78. The maximum Gasteiger partial charge on any atom is 0.125 e. The van der Waals surface area contributed by atoms with E-state index in [2.05, 4.69) is 11.6 Å². The molecule has 0 unspecified atom stereocenters. The largest absolute Gasteiger partial charge is 0.383 e. The average molecular weight is 314 g/mol. The maximum atomic E-state index is 14.2. The highest BCUT2D eigenvalue weighted by atomic mass is 19.1. The fraction of sp³-hybridized carbons (Fsp3) is 0.350. The van der Waals surface area contributed by atoms with E-state index in [4.69, 9.17) is 5.73 Å². The van der Waals surface area contributed by atoms with Crippen molar-refractivity contribution in [2.24, 2.45) is 10.7 Å². The van der Waals surface area contributed by atoms with E-state index >= 15 is 0 Å².